The molecule has 19 heavy (non-hydrogen) atoms. The van der Waals surface area contributed by atoms with Crippen LogP contribution in [0.3, 0.4) is 0 Å². The lowest BCUT2D eigenvalue weighted by Crippen LogP contribution is -2.44. The van der Waals surface area contributed by atoms with E-state index in [4.69, 9.17) is 5.26 Å². The van der Waals surface area contributed by atoms with Gasteiger partial charge in [-0.05, 0) is 50.6 Å². The molecule has 3 heteroatoms. The van der Waals surface area contributed by atoms with E-state index in [0.717, 1.165) is 12.0 Å². The summed E-state index contributed by atoms with van der Waals surface area (Å²) in [6.07, 6.45) is 3.63. The maximum atomic E-state index is 8.75. The van der Waals surface area contributed by atoms with E-state index >= 15 is 0 Å². The summed E-state index contributed by atoms with van der Waals surface area (Å²) >= 11 is 0. The number of unbranched alkanes of at least 4 members (excludes halogenated alkanes) is 1. The summed E-state index contributed by atoms with van der Waals surface area (Å²) in [6, 6.07) is 10.1. The molecule has 1 saturated heterocycles. The molecule has 0 atom stereocenters. The molecule has 0 aliphatic carbocycles. The zero-order chi connectivity index (χ0) is 13.5. The van der Waals surface area contributed by atoms with Crippen LogP contribution in [0.1, 0.15) is 24.0 Å². The van der Waals surface area contributed by atoms with Crippen molar-refractivity contribution in [2.45, 2.75) is 19.3 Å². The lowest BCUT2D eigenvalue weighted by Gasteiger charge is -2.32. The summed E-state index contributed by atoms with van der Waals surface area (Å²) < 4.78 is 0. The van der Waals surface area contributed by atoms with E-state index in [0.29, 0.717) is 0 Å². The Balaban J connectivity index is 1.62. The number of piperazine rings is 1. The monoisotopic (exact) mass is 257 g/mol. The zero-order valence-corrected chi connectivity index (χ0v) is 11.8. The van der Waals surface area contributed by atoms with Crippen molar-refractivity contribution < 1.29 is 0 Å². The molecule has 1 aliphatic rings. The van der Waals surface area contributed by atoms with Crippen LogP contribution in [0.25, 0.3) is 0 Å². The predicted octanol–water partition coefficient (Wildman–Crippen LogP) is 2.13. The first-order valence-corrected chi connectivity index (χ1v) is 7.18. The van der Waals surface area contributed by atoms with E-state index in [2.05, 4.69) is 35.0 Å². The third kappa shape index (κ3) is 4.66. The third-order valence-corrected chi connectivity index (χ3v) is 3.87. The Labute approximate surface area is 116 Å². The van der Waals surface area contributed by atoms with Gasteiger partial charge in [-0.2, -0.15) is 5.26 Å². The molecule has 0 radical (unpaired) electrons. The molecule has 3 nitrogen and oxygen atoms in total. The van der Waals surface area contributed by atoms with Crippen molar-refractivity contribution in [3.8, 4) is 6.07 Å². The highest BCUT2D eigenvalue weighted by molar-refractivity contribution is 5.31. The maximum Gasteiger partial charge on any atom is 0.0991 e. The second-order valence-electron chi connectivity index (χ2n) is 5.41. The molecular weight excluding hydrogens is 234 g/mol. The Morgan fingerprint density at radius 3 is 2.37 bits per heavy atom. The minimum Gasteiger partial charge on any atom is -0.304 e. The van der Waals surface area contributed by atoms with Crippen LogP contribution in [0.5, 0.6) is 0 Å². The molecule has 0 aromatic heterocycles. The van der Waals surface area contributed by atoms with Gasteiger partial charge in [0.15, 0.2) is 0 Å². The van der Waals surface area contributed by atoms with Crippen LogP contribution in [0, 0.1) is 11.3 Å². The number of hydrogen-bond donors (Lipinski definition) is 0. The topological polar surface area (TPSA) is 30.3 Å². The van der Waals surface area contributed by atoms with Gasteiger partial charge in [-0.3, -0.25) is 0 Å². The Morgan fingerprint density at radius 1 is 1.05 bits per heavy atom. The number of aryl methyl sites for hydroxylation is 1. The van der Waals surface area contributed by atoms with E-state index in [1.807, 2.05) is 12.1 Å². The smallest absolute Gasteiger partial charge is 0.0991 e. The predicted molar refractivity (Wildman–Crippen MR) is 78.0 cm³/mol. The first-order valence-electron chi connectivity index (χ1n) is 7.18. The Kier molecular flexibility index (Phi) is 5.38. The van der Waals surface area contributed by atoms with Crippen molar-refractivity contribution in [3.63, 3.8) is 0 Å². The zero-order valence-electron chi connectivity index (χ0n) is 11.8. The lowest BCUT2D eigenvalue weighted by atomic mass is 10.1. The van der Waals surface area contributed by atoms with Gasteiger partial charge in [-0.1, -0.05) is 12.1 Å². The third-order valence-electron chi connectivity index (χ3n) is 3.87. The van der Waals surface area contributed by atoms with E-state index in [-0.39, 0.29) is 0 Å². The van der Waals surface area contributed by atoms with Gasteiger partial charge in [-0.15, -0.1) is 0 Å². The fourth-order valence-electron chi connectivity index (χ4n) is 2.48. The maximum absolute atomic E-state index is 8.75. The Bertz CT molecular complexity index is 411. The summed E-state index contributed by atoms with van der Waals surface area (Å²) in [6.45, 7) is 6.07. The highest BCUT2D eigenvalue weighted by Gasteiger charge is 2.12. The van der Waals surface area contributed by atoms with Crippen molar-refractivity contribution in [1.29, 1.82) is 5.26 Å². The fraction of sp³-hybridized carbons (Fsp3) is 0.562. The summed E-state index contributed by atoms with van der Waals surface area (Å²) in [5, 5.41) is 8.75. The fourth-order valence-corrected chi connectivity index (χ4v) is 2.48. The minimum absolute atomic E-state index is 0.751. The van der Waals surface area contributed by atoms with Crippen LogP contribution >= 0.6 is 0 Å². The van der Waals surface area contributed by atoms with Gasteiger partial charge in [-0.25, -0.2) is 0 Å². The number of benzene rings is 1. The molecule has 2 rings (SSSR count). The minimum atomic E-state index is 0.751. The van der Waals surface area contributed by atoms with Gasteiger partial charge in [0, 0.05) is 26.2 Å². The molecule has 1 aliphatic heterocycles. The van der Waals surface area contributed by atoms with Crippen molar-refractivity contribution in [2.24, 2.45) is 0 Å². The van der Waals surface area contributed by atoms with E-state index < -0.39 is 0 Å². The normalized spacial score (nSPS) is 17.3. The lowest BCUT2D eigenvalue weighted by molar-refractivity contribution is 0.152. The molecule has 0 bridgehead atoms. The number of nitriles is 1. The average Bonchev–Trinajstić information content (AvgIpc) is 2.46. The summed E-state index contributed by atoms with van der Waals surface area (Å²) in [7, 11) is 2.20. The van der Waals surface area contributed by atoms with Gasteiger partial charge in [0.1, 0.15) is 0 Å². The molecule has 1 fully saturated rings. The molecule has 1 aromatic carbocycles. The summed E-state index contributed by atoms with van der Waals surface area (Å²) in [5.41, 5.74) is 2.10. The highest BCUT2D eigenvalue weighted by Crippen LogP contribution is 2.08. The van der Waals surface area contributed by atoms with Crippen molar-refractivity contribution in [1.82, 2.24) is 9.80 Å². The summed E-state index contributed by atoms with van der Waals surface area (Å²) in [5.74, 6) is 0. The summed E-state index contributed by atoms with van der Waals surface area (Å²) in [4.78, 5) is 4.96. The SMILES string of the molecule is CN1CCN(CCCCc2ccc(C#N)cc2)CC1. The molecule has 0 unspecified atom stereocenters. The Morgan fingerprint density at radius 2 is 1.74 bits per heavy atom. The van der Waals surface area contributed by atoms with Crippen LogP contribution in [0.15, 0.2) is 24.3 Å². The number of likely N-dealkylation sites (N-methyl/N-ethyl adjacent to an activating group) is 1. The molecule has 1 heterocycles. The van der Waals surface area contributed by atoms with Crippen LogP contribution in [0.2, 0.25) is 0 Å². The van der Waals surface area contributed by atoms with Crippen LogP contribution in [-0.4, -0.2) is 49.6 Å². The van der Waals surface area contributed by atoms with Gasteiger partial charge in [0.25, 0.3) is 0 Å². The molecule has 0 spiro atoms. The van der Waals surface area contributed by atoms with Gasteiger partial charge in [0.2, 0.25) is 0 Å². The van der Waals surface area contributed by atoms with Crippen molar-refractivity contribution >= 4 is 0 Å². The quantitative estimate of drug-likeness (QED) is 0.757. The van der Waals surface area contributed by atoms with Gasteiger partial charge < -0.3 is 9.80 Å². The van der Waals surface area contributed by atoms with Crippen LogP contribution < -0.4 is 0 Å². The van der Waals surface area contributed by atoms with Crippen LogP contribution in [0.4, 0.5) is 0 Å². The van der Waals surface area contributed by atoms with Crippen molar-refractivity contribution in [2.75, 3.05) is 39.8 Å². The second kappa shape index (κ2) is 7.28. The highest BCUT2D eigenvalue weighted by atomic mass is 15.2. The first-order chi connectivity index (χ1) is 9.28. The number of hydrogen-bond acceptors (Lipinski definition) is 3. The van der Waals surface area contributed by atoms with Crippen molar-refractivity contribution in [3.05, 3.63) is 35.4 Å². The molecule has 1 aromatic rings. The van der Waals surface area contributed by atoms with Gasteiger partial charge >= 0.3 is 0 Å². The van der Waals surface area contributed by atoms with Gasteiger partial charge in [0.05, 0.1) is 11.6 Å². The largest absolute Gasteiger partial charge is 0.304 e. The Hall–Kier alpha value is -1.37. The molecule has 102 valence electrons. The van der Waals surface area contributed by atoms with E-state index in [9.17, 15) is 0 Å². The number of rotatable bonds is 5. The molecule has 0 N–H and O–H groups in total. The van der Waals surface area contributed by atoms with E-state index in [1.165, 1.54) is 51.1 Å². The molecule has 0 saturated carbocycles. The molecule has 0 amide bonds. The average molecular weight is 257 g/mol. The second-order valence-corrected chi connectivity index (χ2v) is 5.41. The molecular formula is C16H23N3. The van der Waals surface area contributed by atoms with E-state index in [1.54, 1.807) is 0 Å². The van der Waals surface area contributed by atoms with Crippen LogP contribution in [-0.2, 0) is 6.42 Å². The number of nitrogens with zero attached hydrogens (tertiary/aromatic N) is 3. The first kappa shape index (κ1) is 14.0. The standard InChI is InChI=1S/C16H23N3/c1-18-10-12-19(13-11-18)9-3-2-4-15-5-7-16(14-17)8-6-15/h5-8H,2-4,9-13H2,1H3.